The molecule has 0 spiro atoms. The number of ether oxygens (including phenoxy) is 1. The SMILES string of the molecule is CCCCCCCCNC(C)COC. The highest BCUT2D eigenvalue weighted by Crippen LogP contribution is 2.04. The maximum absolute atomic E-state index is 5.05. The highest BCUT2D eigenvalue weighted by atomic mass is 16.5. The van der Waals surface area contributed by atoms with E-state index in [1.165, 1.54) is 38.5 Å². The van der Waals surface area contributed by atoms with Gasteiger partial charge in [0.15, 0.2) is 0 Å². The molecule has 2 nitrogen and oxygen atoms in total. The third-order valence-electron chi connectivity index (χ3n) is 2.44. The van der Waals surface area contributed by atoms with Crippen molar-refractivity contribution in [3.05, 3.63) is 0 Å². The Bertz CT molecular complexity index is 106. The van der Waals surface area contributed by atoms with Gasteiger partial charge in [-0.15, -0.1) is 0 Å². The van der Waals surface area contributed by atoms with E-state index in [1.54, 1.807) is 7.11 Å². The van der Waals surface area contributed by atoms with Gasteiger partial charge in [0.05, 0.1) is 6.61 Å². The average Bonchev–Trinajstić information content (AvgIpc) is 2.17. The fraction of sp³-hybridized carbons (Fsp3) is 1.00. The van der Waals surface area contributed by atoms with Crippen LogP contribution in [0.15, 0.2) is 0 Å². The summed E-state index contributed by atoms with van der Waals surface area (Å²) in [4.78, 5) is 0. The van der Waals surface area contributed by atoms with Crippen molar-refractivity contribution in [2.45, 2.75) is 58.4 Å². The van der Waals surface area contributed by atoms with E-state index in [1.807, 2.05) is 0 Å². The van der Waals surface area contributed by atoms with Crippen LogP contribution < -0.4 is 5.32 Å². The number of methoxy groups -OCH3 is 1. The van der Waals surface area contributed by atoms with Gasteiger partial charge in [-0.25, -0.2) is 0 Å². The zero-order valence-electron chi connectivity index (χ0n) is 10.1. The summed E-state index contributed by atoms with van der Waals surface area (Å²) in [5.74, 6) is 0. The first-order valence-corrected chi connectivity index (χ1v) is 6.03. The number of nitrogens with one attached hydrogen (secondary N) is 1. The molecule has 14 heavy (non-hydrogen) atoms. The lowest BCUT2D eigenvalue weighted by molar-refractivity contribution is 0.172. The number of rotatable bonds is 10. The van der Waals surface area contributed by atoms with E-state index in [0.717, 1.165) is 13.2 Å². The molecule has 0 bridgehead atoms. The molecule has 0 radical (unpaired) electrons. The first kappa shape index (κ1) is 13.9. The van der Waals surface area contributed by atoms with Gasteiger partial charge < -0.3 is 10.1 Å². The number of hydrogen-bond donors (Lipinski definition) is 1. The minimum absolute atomic E-state index is 0.496. The summed E-state index contributed by atoms with van der Waals surface area (Å²) in [5.41, 5.74) is 0. The smallest absolute Gasteiger partial charge is 0.0613 e. The van der Waals surface area contributed by atoms with Crippen molar-refractivity contribution in [2.24, 2.45) is 0 Å². The van der Waals surface area contributed by atoms with Gasteiger partial charge in [-0.05, 0) is 19.9 Å². The zero-order valence-corrected chi connectivity index (χ0v) is 10.1. The molecular formula is C12H27NO. The maximum Gasteiger partial charge on any atom is 0.0613 e. The zero-order chi connectivity index (χ0) is 10.6. The topological polar surface area (TPSA) is 21.3 Å². The monoisotopic (exact) mass is 201 g/mol. The van der Waals surface area contributed by atoms with Crippen molar-refractivity contribution in [3.8, 4) is 0 Å². The first-order valence-electron chi connectivity index (χ1n) is 6.03. The van der Waals surface area contributed by atoms with Gasteiger partial charge in [-0.1, -0.05) is 39.0 Å². The predicted molar refractivity (Wildman–Crippen MR) is 62.7 cm³/mol. The maximum atomic E-state index is 5.05. The van der Waals surface area contributed by atoms with E-state index in [0.29, 0.717) is 6.04 Å². The van der Waals surface area contributed by atoms with E-state index in [2.05, 4.69) is 19.2 Å². The van der Waals surface area contributed by atoms with Crippen molar-refractivity contribution in [3.63, 3.8) is 0 Å². The van der Waals surface area contributed by atoms with Crippen LogP contribution in [0, 0.1) is 0 Å². The molecule has 1 atom stereocenters. The second kappa shape index (κ2) is 11.0. The molecule has 0 aliphatic heterocycles. The van der Waals surface area contributed by atoms with Crippen molar-refractivity contribution >= 4 is 0 Å². The summed E-state index contributed by atoms with van der Waals surface area (Å²) in [6, 6.07) is 0.496. The highest BCUT2D eigenvalue weighted by Gasteiger charge is 1.98. The summed E-state index contributed by atoms with van der Waals surface area (Å²) in [7, 11) is 1.75. The van der Waals surface area contributed by atoms with Crippen molar-refractivity contribution in [1.82, 2.24) is 5.32 Å². The fourth-order valence-electron chi connectivity index (χ4n) is 1.56. The van der Waals surface area contributed by atoms with E-state index in [4.69, 9.17) is 4.74 Å². The van der Waals surface area contributed by atoms with Gasteiger partial charge in [0.25, 0.3) is 0 Å². The van der Waals surface area contributed by atoms with Crippen LogP contribution in [0.25, 0.3) is 0 Å². The Morgan fingerprint density at radius 3 is 2.36 bits per heavy atom. The van der Waals surface area contributed by atoms with Gasteiger partial charge in [0, 0.05) is 13.2 Å². The molecule has 0 aliphatic rings. The van der Waals surface area contributed by atoms with Crippen LogP contribution in [-0.4, -0.2) is 26.3 Å². The lowest BCUT2D eigenvalue weighted by Crippen LogP contribution is -2.30. The molecular weight excluding hydrogens is 174 g/mol. The molecule has 0 rings (SSSR count). The van der Waals surface area contributed by atoms with E-state index >= 15 is 0 Å². The van der Waals surface area contributed by atoms with Gasteiger partial charge in [0.2, 0.25) is 0 Å². The molecule has 86 valence electrons. The number of unbranched alkanes of at least 4 members (excludes halogenated alkanes) is 5. The Balaban J connectivity index is 2.98. The third-order valence-corrected chi connectivity index (χ3v) is 2.44. The molecule has 0 aliphatic carbocycles. The van der Waals surface area contributed by atoms with E-state index in [9.17, 15) is 0 Å². The van der Waals surface area contributed by atoms with E-state index < -0.39 is 0 Å². The number of hydrogen-bond acceptors (Lipinski definition) is 2. The van der Waals surface area contributed by atoms with Crippen LogP contribution >= 0.6 is 0 Å². The Kier molecular flexibility index (Phi) is 10.9. The largest absolute Gasteiger partial charge is 0.383 e. The van der Waals surface area contributed by atoms with Crippen molar-refractivity contribution in [1.29, 1.82) is 0 Å². The lowest BCUT2D eigenvalue weighted by Gasteiger charge is -2.12. The summed E-state index contributed by atoms with van der Waals surface area (Å²) in [6.45, 7) is 6.38. The molecule has 2 heteroatoms. The Morgan fingerprint density at radius 1 is 1.07 bits per heavy atom. The fourth-order valence-corrected chi connectivity index (χ4v) is 1.56. The molecule has 0 heterocycles. The molecule has 0 aromatic carbocycles. The Morgan fingerprint density at radius 2 is 1.71 bits per heavy atom. The molecule has 1 unspecified atom stereocenters. The molecule has 0 fully saturated rings. The Labute approximate surface area is 89.4 Å². The quantitative estimate of drug-likeness (QED) is 0.549. The van der Waals surface area contributed by atoms with Crippen LogP contribution in [-0.2, 0) is 4.74 Å². The minimum Gasteiger partial charge on any atom is -0.383 e. The van der Waals surface area contributed by atoms with Crippen LogP contribution in [0.5, 0.6) is 0 Å². The Hall–Kier alpha value is -0.0800. The highest BCUT2D eigenvalue weighted by molar-refractivity contribution is 4.58. The van der Waals surface area contributed by atoms with Crippen molar-refractivity contribution < 1.29 is 4.74 Å². The summed E-state index contributed by atoms with van der Waals surface area (Å²) in [5, 5.41) is 3.45. The van der Waals surface area contributed by atoms with Crippen molar-refractivity contribution in [2.75, 3.05) is 20.3 Å². The molecule has 1 N–H and O–H groups in total. The predicted octanol–water partition coefficient (Wildman–Crippen LogP) is 2.97. The van der Waals surface area contributed by atoms with E-state index in [-0.39, 0.29) is 0 Å². The molecule has 0 aromatic rings. The normalized spacial score (nSPS) is 13.1. The molecule has 0 aromatic heterocycles. The summed E-state index contributed by atoms with van der Waals surface area (Å²) in [6.07, 6.45) is 8.21. The molecule has 0 saturated heterocycles. The van der Waals surface area contributed by atoms with Crippen LogP contribution in [0.3, 0.4) is 0 Å². The lowest BCUT2D eigenvalue weighted by atomic mass is 10.1. The van der Waals surface area contributed by atoms with Gasteiger partial charge in [0.1, 0.15) is 0 Å². The van der Waals surface area contributed by atoms with Gasteiger partial charge in [-0.2, -0.15) is 0 Å². The second-order valence-electron chi connectivity index (χ2n) is 4.08. The standard InChI is InChI=1S/C12H27NO/c1-4-5-6-7-8-9-10-13-12(2)11-14-3/h12-13H,4-11H2,1-3H3. The molecule has 0 saturated carbocycles. The molecule has 0 amide bonds. The van der Waals surface area contributed by atoms with Gasteiger partial charge in [-0.3, -0.25) is 0 Å². The third kappa shape index (κ3) is 10.0. The van der Waals surface area contributed by atoms with Crippen LogP contribution in [0.4, 0.5) is 0 Å². The second-order valence-corrected chi connectivity index (χ2v) is 4.08. The summed E-state index contributed by atoms with van der Waals surface area (Å²) < 4.78 is 5.05. The van der Waals surface area contributed by atoms with Crippen LogP contribution in [0.2, 0.25) is 0 Å². The average molecular weight is 201 g/mol. The van der Waals surface area contributed by atoms with Crippen LogP contribution in [0.1, 0.15) is 52.4 Å². The first-order chi connectivity index (χ1) is 6.81. The van der Waals surface area contributed by atoms with Gasteiger partial charge >= 0.3 is 0 Å². The summed E-state index contributed by atoms with van der Waals surface area (Å²) >= 11 is 0. The minimum atomic E-state index is 0.496.